The number of fused-ring (bicyclic) bond motifs is 1. The molecule has 0 aliphatic heterocycles. The molecule has 128 valence electrons. The fraction of sp³-hybridized carbons (Fsp3) is 0.222. The van der Waals surface area contributed by atoms with E-state index in [1.165, 1.54) is 0 Å². The van der Waals surface area contributed by atoms with Crippen molar-refractivity contribution in [1.29, 1.82) is 0 Å². The second-order valence-electron chi connectivity index (χ2n) is 5.64. The minimum atomic E-state index is -0.363. The second kappa shape index (κ2) is 6.72. The lowest BCUT2D eigenvalue weighted by molar-refractivity contribution is 0.0526. The molecule has 1 N–H and O–H groups in total. The van der Waals surface area contributed by atoms with E-state index >= 15 is 0 Å². The van der Waals surface area contributed by atoms with Gasteiger partial charge in [0.15, 0.2) is 5.82 Å². The third kappa shape index (κ3) is 3.08. The summed E-state index contributed by atoms with van der Waals surface area (Å²) >= 11 is 0. The maximum atomic E-state index is 12.1. The van der Waals surface area contributed by atoms with Crippen molar-refractivity contribution in [2.24, 2.45) is 5.18 Å². The molecule has 3 aromatic rings. The van der Waals surface area contributed by atoms with Crippen molar-refractivity contribution in [2.75, 3.05) is 11.9 Å². The van der Waals surface area contributed by atoms with Gasteiger partial charge in [0.05, 0.1) is 17.7 Å². The van der Waals surface area contributed by atoms with Gasteiger partial charge in [-0.2, -0.15) is 0 Å². The minimum Gasteiger partial charge on any atom is -0.462 e. The highest BCUT2D eigenvalue weighted by Crippen LogP contribution is 2.29. The van der Waals surface area contributed by atoms with Crippen LogP contribution in [0.3, 0.4) is 0 Å². The highest BCUT2D eigenvalue weighted by atomic mass is 16.5. The molecule has 0 amide bonds. The van der Waals surface area contributed by atoms with Gasteiger partial charge in [-0.25, -0.2) is 9.78 Å². The zero-order valence-corrected chi connectivity index (χ0v) is 14.2. The maximum Gasteiger partial charge on any atom is 0.339 e. The van der Waals surface area contributed by atoms with Crippen LogP contribution in [0.25, 0.3) is 5.52 Å². The van der Waals surface area contributed by atoms with Crippen molar-refractivity contribution in [2.45, 2.75) is 20.8 Å². The molecule has 25 heavy (non-hydrogen) atoms. The molecule has 0 saturated carbocycles. The summed E-state index contributed by atoms with van der Waals surface area (Å²) in [6.07, 6.45) is 5.14. The number of nitroso groups, excluding NO2 is 1. The Hall–Kier alpha value is -3.22. The number of hydrogen-bond donors (Lipinski definition) is 1. The molecular formula is C18H18N4O3. The number of anilines is 2. The van der Waals surface area contributed by atoms with E-state index in [1.54, 1.807) is 37.6 Å². The summed E-state index contributed by atoms with van der Waals surface area (Å²) in [5.41, 5.74) is 4.06. The first-order valence-corrected chi connectivity index (χ1v) is 7.89. The Morgan fingerprint density at radius 1 is 1.36 bits per heavy atom. The van der Waals surface area contributed by atoms with Gasteiger partial charge in [-0.1, -0.05) is 6.07 Å². The fourth-order valence-corrected chi connectivity index (χ4v) is 2.72. The number of esters is 1. The first-order valence-electron chi connectivity index (χ1n) is 7.89. The molecule has 0 bridgehead atoms. The number of nitrogens with zero attached hydrogens (tertiary/aromatic N) is 3. The Bertz CT molecular complexity index is 962. The smallest absolute Gasteiger partial charge is 0.339 e. The van der Waals surface area contributed by atoms with Gasteiger partial charge in [0.1, 0.15) is 5.69 Å². The first kappa shape index (κ1) is 16.6. The molecule has 0 unspecified atom stereocenters. The van der Waals surface area contributed by atoms with Crippen molar-refractivity contribution in [3.63, 3.8) is 0 Å². The maximum absolute atomic E-state index is 12.1. The quantitative estimate of drug-likeness (QED) is 0.555. The normalized spacial score (nSPS) is 10.7. The number of ether oxygens (including phenoxy) is 1. The molecule has 1 aromatic carbocycles. The van der Waals surface area contributed by atoms with E-state index in [0.717, 1.165) is 22.3 Å². The molecule has 7 nitrogen and oxygen atoms in total. The molecule has 3 rings (SSSR count). The summed E-state index contributed by atoms with van der Waals surface area (Å²) in [6.45, 7) is 5.86. The zero-order valence-electron chi connectivity index (χ0n) is 14.2. The van der Waals surface area contributed by atoms with Crippen LogP contribution in [0, 0.1) is 18.8 Å². The molecule has 0 aliphatic carbocycles. The van der Waals surface area contributed by atoms with Crippen molar-refractivity contribution in [3.05, 3.63) is 58.4 Å². The Labute approximate surface area is 144 Å². The second-order valence-corrected chi connectivity index (χ2v) is 5.64. The third-order valence-electron chi connectivity index (χ3n) is 4.02. The van der Waals surface area contributed by atoms with E-state index in [0.29, 0.717) is 23.7 Å². The fourth-order valence-electron chi connectivity index (χ4n) is 2.72. The van der Waals surface area contributed by atoms with E-state index < -0.39 is 0 Å². The summed E-state index contributed by atoms with van der Waals surface area (Å²) in [4.78, 5) is 27.3. The Morgan fingerprint density at radius 3 is 2.88 bits per heavy atom. The number of nitrogens with one attached hydrogen (secondary N) is 1. The van der Waals surface area contributed by atoms with Crippen LogP contribution in [0.4, 0.5) is 17.2 Å². The number of hydrogen-bond acceptors (Lipinski definition) is 6. The molecule has 0 fully saturated rings. The van der Waals surface area contributed by atoms with Gasteiger partial charge in [0.25, 0.3) is 0 Å². The highest BCUT2D eigenvalue weighted by molar-refractivity contribution is 5.95. The highest BCUT2D eigenvalue weighted by Gasteiger charge is 2.18. The third-order valence-corrected chi connectivity index (χ3v) is 4.02. The number of benzene rings is 1. The van der Waals surface area contributed by atoms with E-state index in [1.807, 2.05) is 24.3 Å². The van der Waals surface area contributed by atoms with Gasteiger partial charge in [0, 0.05) is 24.3 Å². The van der Waals surface area contributed by atoms with Crippen LogP contribution in [0.5, 0.6) is 0 Å². The van der Waals surface area contributed by atoms with Crippen LogP contribution in [0.1, 0.15) is 28.4 Å². The van der Waals surface area contributed by atoms with Crippen LogP contribution in [0.2, 0.25) is 0 Å². The van der Waals surface area contributed by atoms with Gasteiger partial charge in [0.2, 0.25) is 0 Å². The molecule has 2 heterocycles. The molecule has 7 heteroatoms. The average molecular weight is 338 g/mol. The largest absolute Gasteiger partial charge is 0.462 e. The topological polar surface area (TPSA) is 85.1 Å². The lowest BCUT2D eigenvalue weighted by Gasteiger charge is -2.11. The summed E-state index contributed by atoms with van der Waals surface area (Å²) in [5, 5.41) is 6.20. The van der Waals surface area contributed by atoms with Gasteiger partial charge in [-0.15, -0.1) is 4.91 Å². The molecule has 0 aliphatic rings. The number of aromatic nitrogens is 2. The standard InChI is InChI=1S/C18H18N4O3/c1-4-25-18(23)14-10-22-8-7-19-17(16(22)12(14)3)20-15-9-13(21-24)6-5-11(15)2/h5-10H,4H2,1-3H3,(H,19,20). The molecule has 0 saturated heterocycles. The van der Waals surface area contributed by atoms with E-state index in [4.69, 9.17) is 4.74 Å². The Balaban J connectivity index is 2.08. The minimum absolute atomic E-state index is 0.318. The lowest BCUT2D eigenvalue weighted by atomic mass is 10.1. The molecule has 2 aromatic heterocycles. The van der Waals surface area contributed by atoms with Gasteiger partial charge in [-0.3, -0.25) is 0 Å². The monoisotopic (exact) mass is 338 g/mol. The number of carbonyl (C=O) groups is 1. The Morgan fingerprint density at radius 2 is 2.16 bits per heavy atom. The number of carbonyl (C=O) groups excluding carboxylic acids is 1. The SMILES string of the molecule is CCOC(=O)c1cn2ccnc(Nc3cc(N=O)ccc3C)c2c1C. The van der Waals surface area contributed by atoms with Crippen molar-refractivity contribution in [3.8, 4) is 0 Å². The summed E-state index contributed by atoms with van der Waals surface area (Å²) in [6, 6.07) is 5.13. The van der Waals surface area contributed by atoms with Crippen molar-refractivity contribution >= 4 is 28.7 Å². The summed E-state index contributed by atoms with van der Waals surface area (Å²) in [5.74, 6) is 0.222. The van der Waals surface area contributed by atoms with Crippen molar-refractivity contribution < 1.29 is 9.53 Å². The van der Waals surface area contributed by atoms with E-state index in [9.17, 15) is 9.70 Å². The molecule has 0 atom stereocenters. The predicted molar refractivity (Wildman–Crippen MR) is 95.8 cm³/mol. The zero-order chi connectivity index (χ0) is 18.0. The van der Waals surface area contributed by atoms with Crippen LogP contribution >= 0.6 is 0 Å². The van der Waals surface area contributed by atoms with Crippen LogP contribution in [0.15, 0.2) is 42.0 Å². The van der Waals surface area contributed by atoms with Gasteiger partial charge >= 0.3 is 5.97 Å². The van der Waals surface area contributed by atoms with Gasteiger partial charge in [-0.05, 0) is 49.2 Å². The molecule has 0 radical (unpaired) electrons. The first-order chi connectivity index (χ1) is 12.0. The van der Waals surface area contributed by atoms with Crippen molar-refractivity contribution in [1.82, 2.24) is 9.38 Å². The predicted octanol–water partition coefficient (Wildman–Crippen LogP) is 4.27. The van der Waals surface area contributed by atoms with Crippen LogP contribution in [-0.4, -0.2) is 22.0 Å². The average Bonchev–Trinajstić information content (AvgIpc) is 2.95. The van der Waals surface area contributed by atoms with Gasteiger partial charge < -0.3 is 14.5 Å². The number of aryl methyl sites for hydroxylation is 2. The van der Waals surface area contributed by atoms with Crippen LogP contribution in [-0.2, 0) is 4.74 Å². The number of rotatable bonds is 5. The van der Waals surface area contributed by atoms with E-state index in [2.05, 4.69) is 15.5 Å². The summed E-state index contributed by atoms with van der Waals surface area (Å²) in [7, 11) is 0. The molecule has 0 spiro atoms. The van der Waals surface area contributed by atoms with E-state index in [-0.39, 0.29) is 5.97 Å². The van der Waals surface area contributed by atoms with Crippen LogP contribution < -0.4 is 5.32 Å². The Kier molecular flexibility index (Phi) is 4.47. The molecular weight excluding hydrogens is 320 g/mol. The lowest BCUT2D eigenvalue weighted by Crippen LogP contribution is -2.04. The summed E-state index contributed by atoms with van der Waals surface area (Å²) < 4.78 is 6.93.